The predicted octanol–water partition coefficient (Wildman–Crippen LogP) is 2.81. The molecular weight excluding hydrogens is 376 g/mol. The molecule has 0 radical (unpaired) electrons. The second-order valence-corrected chi connectivity index (χ2v) is 8.53. The quantitative estimate of drug-likeness (QED) is 0.673. The van der Waals surface area contributed by atoms with Crippen LogP contribution in [0.4, 0.5) is 0 Å². The Hall–Kier alpha value is -2.38. The largest absolute Gasteiger partial charge is 0.496 e. The number of nitrogens with one attached hydrogen (secondary N) is 2. The molecular formula is C21H28N2O4S. The molecule has 152 valence electrons. The molecule has 0 saturated carbocycles. The first kappa shape index (κ1) is 21.9. The van der Waals surface area contributed by atoms with Crippen molar-refractivity contribution >= 4 is 15.9 Å². The van der Waals surface area contributed by atoms with Gasteiger partial charge >= 0.3 is 0 Å². The third-order valence-corrected chi connectivity index (χ3v) is 6.04. The van der Waals surface area contributed by atoms with Crippen molar-refractivity contribution in [2.24, 2.45) is 0 Å². The lowest BCUT2D eigenvalue weighted by Crippen LogP contribution is -2.50. The first-order valence-electron chi connectivity index (χ1n) is 9.28. The van der Waals surface area contributed by atoms with Gasteiger partial charge in [-0.3, -0.25) is 4.79 Å². The van der Waals surface area contributed by atoms with E-state index < -0.39 is 16.1 Å². The van der Waals surface area contributed by atoms with Crippen LogP contribution < -0.4 is 14.8 Å². The van der Waals surface area contributed by atoms with Crippen molar-refractivity contribution in [3.8, 4) is 5.75 Å². The zero-order valence-electron chi connectivity index (χ0n) is 16.7. The summed E-state index contributed by atoms with van der Waals surface area (Å²) in [6, 6.07) is 13.0. The van der Waals surface area contributed by atoms with Crippen molar-refractivity contribution in [2.75, 3.05) is 7.11 Å². The van der Waals surface area contributed by atoms with E-state index in [1.165, 1.54) is 19.2 Å². The fourth-order valence-electron chi connectivity index (χ4n) is 2.76. The zero-order valence-corrected chi connectivity index (χ0v) is 17.5. The Balaban J connectivity index is 2.29. The van der Waals surface area contributed by atoms with Crippen LogP contribution in [0.3, 0.4) is 0 Å². The highest BCUT2D eigenvalue weighted by molar-refractivity contribution is 7.89. The Kier molecular flexibility index (Phi) is 7.60. The average molecular weight is 405 g/mol. The number of benzene rings is 2. The summed E-state index contributed by atoms with van der Waals surface area (Å²) in [7, 11) is -2.35. The van der Waals surface area contributed by atoms with Gasteiger partial charge in [0.15, 0.2) is 0 Å². The summed E-state index contributed by atoms with van der Waals surface area (Å²) < 4.78 is 33.6. The highest BCUT2D eigenvalue weighted by Crippen LogP contribution is 2.21. The molecule has 6 nitrogen and oxygen atoms in total. The number of carbonyl (C=O) groups excluding carboxylic acids is 1. The Morgan fingerprint density at radius 3 is 2.39 bits per heavy atom. The van der Waals surface area contributed by atoms with E-state index in [2.05, 4.69) is 10.0 Å². The molecule has 0 heterocycles. The Bertz CT molecular complexity index is 898. The van der Waals surface area contributed by atoms with Gasteiger partial charge in [0.05, 0.1) is 12.0 Å². The second-order valence-electron chi connectivity index (χ2n) is 6.81. The predicted molar refractivity (Wildman–Crippen MR) is 110 cm³/mol. The van der Waals surface area contributed by atoms with Gasteiger partial charge in [-0.15, -0.1) is 0 Å². The summed E-state index contributed by atoms with van der Waals surface area (Å²) in [6.45, 7) is 5.62. The van der Waals surface area contributed by atoms with Gasteiger partial charge in [-0.2, -0.15) is 4.72 Å². The topological polar surface area (TPSA) is 84.5 Å². The zero-order chi connectivity index (χ0) is 20.7. The van der Waals surface area contributed by atoms with Crippen molar-refractivity contribution < 1.29 is 17.9 Å². The maximum atomic E-state index is 12.9. The molecule has 0 aliphatic carbocycles. The monoisotopic (exact) mass is 404 g/mol. The van der Waals surface area contributed by atoms with Gasteiger partial charge in [-0.1, -0.05) is 37.3 Å². The molecule has 1 amide bonds. The van der Waals surface area contributed by atoms with Crippen LogP contribution in [0.2, 0.25) is 0 Å². The van der Waals surface area contributed by atoms with Crippen molar-refractivity contribution in [1.82, 2.24) is 10.0 Å². The van der Waals surface area contributed by atoms with E-state index in [-0.39, 0.29) is 23.3 Å². The lowest BCUT2D eigenvalue weighted by Gasteiger charge is -2.21. The maximum Gasteiger partial charge on any atom is 0.241 e. The third kappa shape index (κ3) is 5.81. The smallest absolute Gasteiger partial charge is 0.241 e. The van der Waals surface area contributed by atoms with Crippen LogP contribution in [0.25, 0.3) is 0 Å². The SMILES string of the molecule is CC[C@H](C)NC(=O)[C@H](Cc1ccccc1)NS(=O)(=O)c1ccc(OC)c(C)c1. The number of sulfonamides is 1. The van der Waals surface area contributed by atoms with Crippen molar-refractivity contribution in [3.05, 3.63) is 59.7 Å². The van der Waals surface area contributed by atoms with Crippen LogP contribution in [0.15, 0.2) is 53.4 Å². The van der Waals surface area contributed by atoms with Gasteiger partial charge < -0.3 is 10.1 Å². The molecule has 0 spiro atoms. The van der Waals surface area contributed by atoms with E-state index in [9.17, 15) is 13.2 Å². The van der Waals surface area contributed by atoms with Crippen LogP contribution in [-0.2, 0) is 21.2 Å². The molecule has 7 heteroatoms. The third-order valence-electron chi connectivity index (χ3n) is 4.57. The Morgan fingerprint density at radius 1 is 1.14 bits per heavy atom. The summed E-state index contributed by atoms with van der Waals surface area (Å²) in [5.41, 5.74) is 1.58. The number of aryl methyl sites for hydroxylation is 1. The lowest BCUT2D eigenvalue weighted by molar-refractivity contribution is -0.123. The fourth-order valence-corrected chi connectivity index (χ4v) is 4.04. The summed E-state index contributed by atoms with van der Waals surface area (Å²) >= 11 is 0. The van der Waals surface area contributed by atoms with Gasteiger partial charge in [-0.05, 0) is 56.0 Å². The number of hydrogen-bond donors (Lipinski definition) is 2. The van der Waals surface area contributed by atoms with E-state index in [0.717, 1.165) is 12.0 Å². The van der Waals surface area contributed by atoms with Gasteiger partial charge in [0.2, 0.25) is 15.9 Å². The molecule has 2 rings (SSSR count). The summed E-state index contributed by atoms with van der Waals surface area (Å²) in [4.78, 5) is 12.8. The molecule has 2 aromatic rings. The van der Waals surface area contributed by atoms with E-state index in [4.69, 9.17) is 4.74 Å². The van der Waals surface area contributed by atoms with Crippen LogP contribution >= 0.6 is 0 Å². The molecule has 0 fully saturated rings. The molecule has 2 aromatic carbocycles. The highest BCUT2D eigenvalue weighted by atomic mass is 32.2. The number of methoxy groups -OCH3 is 1. The van der Waals surface area contributed by atoms with E-state index in [1.807, 2.05) is 44.2 Å². The first-order chi connectivity index (χ1) is 13.3. The first-order valence-corrected chi connectivity index (χ1v) is 10.8. The molecule has 0 bridgehead atoms. The minimum absolute atomic E-state index is 0.0430. The Labute approximate surface area is 167 Å². The molecule has 0 aliphatic heterocycles. The minimum Gasteiger partial charge on any atom is -0.496 e. The van der Waals surface area contributed by atoms with Gasteiger partial charge in [0.25, 0.3) is 0 Å². The average Bonchev–Trinajstić information content (AvgIpc) is 2.67. The van der Waals surface area contributed by atoms with Crippen molar-refractivity contribution in [2.45, 2.75) is 50.6 Å². The minimum atomic E-state index is -3.88. The van der Waals surface area contributed by atoms with Gasteiger partial charge in [0.1, 0.15) is 11.8 Å². The van der Waals surface area contributed by atoms with E-state index in [1.54, 1.807) is 13.0 Å². The van der Waals surface area contributed by atoms with Crippen LogP contribution in [0, 0.1) is 6.92 Å². The standard InChI is InChI=1S/C21H28N2O4S/c1-5-16(3)22-21(24)19(14-17-9-7-6-8-10-17)23-28(25,26)18-11-12-20(27-4)15(2)13-18/h6-13,16,19,23H,5,14H2,1-4H3,(H,22,24)/t16-,19-/m0/s1. The summed E-state index contributed by atoms with van der Waals surface area (Å²) in [5.74, 6) is 0.265. The fraction of sp³-hybridized carbons (Fsp3) is 0.381. The van der Waals surface area contributed by atoms with Gasteiger partial charge in [-0.25, -0.2) is 8.42 Å². The normalized spacial score (nSPS) is 13.6. The van der Waals surface area contributed by atoms with Crippen LogP contribution in [0.5, 0.6) is 5.75 Å². The van der Waals surface area contributed by atoms with Crippen LogP contribution in [0.1, 0.15) is 31.4 Å². The van der Waals surface area contributed by atoms with Gasteiger partial charge in [0, 0.05) is 6.04 Å². The lowest BCUT2D eigenvalue weighted by atomic mass is 10.1. The molecule has 28 heavy (non-hydrogen) atoms. The second kappa shape index (κ2) is 9.71. The number of ether oxygens (including phenoxy) is 1. The van der Waals surface area contributed by atoms with E-state index >= 15 is 0 Å². The van der Waals surface area contributed by atoms with Crippen LogP contribution in [-0.4, -0.2) is 33.5 Å². The van der Waals surface area contributed by atoms with Crippen molar-refractivity contribution in [3.63, 3.8) is 0 Å². The number of amides is 1. The Morgan fingerprint density at radius 2 is 1.82 bits per heavy atom. The molecule has 2 atom stereocenters. The maximum absolute atomic E-state index is 12.9. The number of carbonyl (C=O) groups is 1. The number of hydrogen-bond acceptors (Lipinski definition) is 4. The summed E-state index contributed by atoms with van der Waals surface area (Å²) in [5, 5.41) is 2.87. The molecule has 0 aliphatic rings. The molecule has 0 unspecified atom stereocenters. The summed E-state index contributed by atoms with van der Waals surface area (Å²) in [6.07, 6.45) is 1.02. The molecule has 2 N–H and O–H groups in total. The van der Waals surface area contributed by atoms with Crippen molar-refractivity contribution in [1.29, 1.82) is 0 Å². The highest BCUT2D eigenvalue weighted by Gasteiger charge is 2.27. The molecule has 0 aromatic heterocycles. The molecule has 0 saturated heterocycles. The number of rotatable bonds is 9. The van der Waals surface area contributed by atoms with E-state index in [0.29, 0.717) is 11.3 Å².